The van der Waals surface area contributed by atoms with Gasteiger partial charge in [0.1, 0.15) is 11.9 Å². The summed E-state index contributed by atoms with van der Waals surface area (Å²) >= 11 is 5.41. The van der Waals surface area contributed by atoms with E-state index in [9.17, 15) is 9.18 Å². The first kappa shape index (κ1) is 10.5. The van der Waals surface area contributed by atoms with E-state index in [4.69, 9.17) is 22.0 Å². The van der Waals surface area contributed by atoms with E-state index in [2.05, 4.69) is 0 Å². The number of hydrogen-bond acceptors (Lipinski definition) is 2. The number of hydrogen-bond donors (Lipinski definition) is 1. The van der Waals surface area contributed by atoms with Crippen LogP contribution in [-0.2, 0) is 5.88 Å². The van der Waals surface area contributed by atoms with Gasteiger partial charge in [-0.3, -0.25) is 0 Å². The van der Waals surface area contributed by atoms with Crippen molar-refractivity contribution in [1.29, 1.82) is 5.26 Å². The Labute approximate surface area is 84.3 Å². The normalized spacial score (nSPS) is 9.50. The van der Waals surface area contributed by atoms with Gasteiger partial charge < -0.3 is 5.11 Å². The summed E-state index contributed by atoms with van der Waals surface area (Å²) in [6.07, 6.45) is 0. The molecule has 0 aliphatic carbocycles. The molecule has 0 spiro atoms. The van der Waals surface area contributed by atoms with Gasteiger partial charge >= 0.3 is 5.97 Å². The molecular weight excluding hydrogens is 209 g/mol. The zero-order chi connectivity index (χ0) is 10.7. The summed E-state index contributed by atoms with van der Waals surface area (Å²) < 4.78 is 13.1. The number of rotatable bonds is 2. The summed E-state index contributed by atoms with van der Waals surface area (Å²) in [5.41, 5.74) is -0.522. The maximum Gasteiger partial charge on any atom is 0.337 e. The summed E-state index contributed by atoms with van der Waals surface area (Å²) in [6.45, 7) is 0. The van der Waals surface area contributed by atoms with E-state index < -0.39 is 11.8 Å². The lowest BCUT2D eigenvalue weighted by Gasteiger charge is -2.04. The van der Waals surface area contributed by atoms with Crippen molar-refractivity contribution in [2.45, 2.75) is 5.88 Å². The molecule has 0 aromatic heterocycles. The van der Waals surface area contributed by atoms with Gasteiger partial charge in [0.15, 0.2) is 0 Å². The van der Waals surface area contributed by atoms with Crippen LogP contribution in [0.15, 0.2) is 12.1 Å². The van der Waals surface area contributed by atoms with E-state index in [0.717, 1.165) is 12.1 Å². The first-order chi connectivity index (χ1) is 6.61. The van der Waals surface area contributed by atoms with Crippen LogP contribution >= 0.6 is 11.6 Å². The lowest BCUT2D eigenvalue weighted by atomic mass is 10.0. The van der Waals surface area contributed by atoms with Crippen LogP contribution < -0.4 is 0 Å². The van der Waals surface area contributed by atoms with Crippen LogP contribution in [0, 0.1) is 17.1 Å². The fourth-order valence-electron chi connectivity index (χ4n) is 1.06. The molecule has 1 rings (SSSR count). The van der Waals surface area contributed by atoms with Crippen LogP contribution in [0.5, 0.6) is 0 Å². The highest BCUT2D eigenvalue weighted by Crippen LogP contribution is 2.19. The fraction of sp³-hybridized carbons (Fsp3) is 0.111. The zero-order valence-electron chi connectivity index (χ0n) is 6.92. The molecule has 0 amide bonds. The molecule has 0 radical (unpaired) electrons. The van der Waals surface area contributed by atoms with Gasteiger partial charge in [0, 0.05) is 5.56 Å². The van der Waals surface area contributed by atoms with Crippen molar-refractivity contribution in [1.82, 2.24) is 0 Å². The van der Waals surface area contributed by atoms with Crippen LogP contribution in [0.4, 0.5) is 4.39 Å². The van der Waals surface area contributed by atoms with Crippen molar-refractivity contribution in [2.75, 3.05) is 0 Å². The van der Waals surface area contributed by atoms with E-state index in [1.165, 1.54) is 0 Å². The molecule has 0 atom stereocenters. The summed E-state index contributed by atoms with van der Waals surface area (Å²) in [4.78, 5) is 10.6. The maximum absolute atomic E-state index is 13.1. The monoisotopic (exact) mass is 213 g/mol. The average molecular weight is 214 g/mol. The molecule has 14 heavy (non-hydrogen) atoms. The number of alkyl halides is 1. The van der Waals surface area contributed by atoms with Crippen molar-refractivity contribution in [3.63, 3.8) is 0 Å². The molecule has 0 unspecified atom stereocenters. The second-order valence-corrected chi connectivity index (χ2v) is 2.77. The number of nitriles is 1. The Bertz CT molecular complexity index is 426. The van der Waals surface area contributed by atoms with Crippen molar-refractivity contribution >= 4 is 17.6 Å². The number of carboxylic acids is 1. The maximum atomic E-state index is 13.1. The van der Waals surface area contributed by atoms with Gasteiger partial charge in [-0.15, -0.1) is 11.6 Å². The number of halogens is 2. The van der Waals surface area contributed by atoms with Gasteiger partial charge in [0.05, 0.1) is 17.0 Å². The van der Waals surface area contributed by atoms with Gasteiger partial charge in [-0.25, -0.2) is 9.18 Å². The van der Waals surface area contributed by atoms with E-state index in [1.54, 1.807) is 6.07 Å². The van der Waals surface area contributed by atoms with Crippen LogP contribution in [0.2, 0.25) is 0 Å². The SMILES string of the molecule is N#Cc1c(C(=O)O)ccc(F)c1CCl. The summed E-state index contributed by atoms with van der Waals surface area (Å²) in [5, 5.41) is 17.4. The molecule has 0 bridgehead atoms. The standard InChI is InChI=1S/C9H5ClFNO2/c10-3-6-7(4-12)5(9(13)14)1-2-8(6)11/h1-2H,3H2,(H,13,14). The van der Waals surface area contributed by atoms with Crippen molar-refractivity contribution in [3.05, 3.63) is 34.6 Å². The third kappa shape index (κ3) is 1.68. The highest BCUT2D eigenvalue weighted by atomic mass is 35.5. The molecule has 1 aromatic rings. The molecule has 3 nitrogen and oxygen atoms in total. The highest BCUT2D eigenvalue weighted by molar-refractivity contribution is 6.17. The van der Waals surface area contributed by atoms with E-state index in [0.29, 0.717) is 0 Å². The fourth-order valence-corrected chi connectivity index (χ4v) is 1.32. The minimum Gasteiger partial charge on any atom is -0.478 e. The second-order valence-electron chi connectivity index (χ2n) is 2.50. The summed E-state index contributed by atoms with van der Waals surface area (Å²) in [7, 11) is 0. The van der Waals surface area contributed by atoms with Crippen molar-refractivity contribution in [2.24, 2.45) is 0 Å². The lowest BCUT2D eigenvalue weighted by molar-refractivity contribution is 0.0696. The molecule has 72 valence electrons. The Hall–Kier alpha value is -1.60. The van der Waals surface area contributed by atoms with Gasteiger partial charge in [-0.1, -0.05) is 0 Å². The minimum absolute atomic E-state index is 0.0749. The third-order valence-corrected chi connectivity index (χ3v) is 2.00. The van der Waals surface area contributed by atoms with Crippen molar-refractivity contribution in [3.8, 4) is 6.07 Å². The van der Waals surface area contributed by atoms with E-state index >= 15 is 0 Å². The molecule has 5 heteroatoms. The molecule has 1 aromatic carbocycles. The predicted molar refractivity (Wildman–Crippen MR) is 47.6 cm³/mol. The number of nitrogens with zero attached hydrogens (tertiary/aromatic N) is 1. The number of carbonyl (C=O) groups is 1. The minimum atomic E-state index is -1.27. The molecule has 0 heterocycles. The lowest BCUT2D eigenvalue weighted by Crippen LogP contribution is -2.04. The topological polar surface area (TPSA) is 61.1 Å². The summed E-state index contributed by atoms with van der Waals surface area (Å²) in [5.74, 6) is -2.16. The van der Waals surface area contributed by atoms with Crippen LogP contribution in [0.1, 0.15) is 21.5 Å². The number of benzene rings is 1. The first-order valence-corrected chi connectivity index (χ1v) is 4.16. The Morgan fingerprint density at radius 1 is 1.64 bits per heavy atom. The van der Waals surface area contributed by atoms with Gasteiger partial charge in [-0.2, -0.15) is 5.26 Å². The quantitative estimate of drug-likeness (QED) is 0.766. The molecule has 0 aliphatic heterocycles. The number of carboxylic acid groups (broad SMARTS) is 1. The zero-order valence-corrected chi connectivity index (χ0v) is 7.68. The first-order valence-electron chi connectivity index (χ1n) is 3.62. The number of aromatic carboxylic acids is 1. The van der Waals surface area contributed by atoms with Crippen LogP contribution in [-0.4, -0.2) is 11.1 Å². The molecule has 0 saturated carbocycles. The largest absolute Gasteiger partial charge is 0.478 e. The molecular formula is C9H5ClFNO2. The van der Waals surface area contributed by atoms with Crippen LogP contribution in [0.3, 0.4) is 0 Å². The van der Waals surface area contributed by atoms with Gasteiger partial charge in [-0.05, 0) is 12.1 Å². The summed E-state index contributed by atoms with van der Waals surface area (Å²) in [6, 6.07) is 3.67. The van der Waals surface area contributed by atoms with Crippen LogP contribution in [0.25, 0.3) is 0 Å². The Morgan fingerprint density at radius 3 is 2.71 bits per heavy atom. The Morgan fingerprint density at radius 2 is 2.29 bits per heavy atom. The van der Waals surface area contributed by atoms with Gasteiger partial charge in [0.25, 0.3) is 0 Å². The van der Waals surface area contributed by atoms with Crippen molar-refractivity contribution < 1.29 is 14.3 Å². The Kier molecular flexibility index (Phi) is 3.05. The van der Waals surface area contributed by atoms with E-state index in [1.807, 2.05) is 0 Å². The second kappa shape index (κ2) is 4.07. The molecule has 0 aliphatic rings. The average Bonchev–Trinajstić information content (AvgIpc) is 2.16. The molecule has 0 saturated heterocycles. The molecule has 0 fully saturated rings. The Balaban J connectivity index is 3.50. The smallest absolute Gasteiger partial charge is 0.337 e. The highest BCUT2D eigenvalue weighted by Gasteiger charge is 2.16. The third-order valence-electron chi connectivity index (χ3n) is 1.73. The molecule has 1 N–H and O–H groups in total. The van der Waals surface area contributed by atoms with E-state index in [-0.39, 0.29) is 22.6 Å². The van der Waals surface area contributed by atoms with Gasteiger partial charge in [0.2, 0.25) is 0 Å². The predicted octanol–water partition coefficient (Wildman–Crippen LogP) is 2.13.